The number of carbonyl (C=O) groups excluding carboxylic acids is 3. The molecule has 20 heavy (non-hydrogen) atoms. The van der Waals surface area contributed by atoms with Gasteiger partial charge in [-0.2, -0.15) is 0 Å². The molecule has 0 aliphatic rings. The summed E-state index contributed by atoms with van der Waals surface area (Å²) < 4.78 is 4.69. The van der Waals surface area contributed by atoms with Gasteiger partial charge in [-0.3, -0.25) is 10.1 Å². The van der Waals surface area contributed by atoms with Gasteiger partial charge in [-0.25, -0.2) is 9.59 Å². The van der Waals surface area contributed by atoms with E-state index in [-0.39, 0.29) is 20.6 Å². The van der Waals surface area contributed by atoms with E-state index >= 15 is 0 Å². The first-order chi connectivity index (χ1) is 9.36. The molecule has 1 aromatic carbocycles. The van der Waals surface area contributed by atoms with Crippen LogP contribution in [-0.4, -0.2) is 31.6 Å². The van der Waals surface area contributed by atoms with Crippen molar-refractivity contribution in [1.82, 2.24) is 10.6 Å². The number of ether oxygens (including phenoxy) is 1. The second kappa shape index (κ2) is 7.33. The first-order valence-corrected chi connectivity index (χ1v) is 6.32. The summed E-state index contributed by atoms with van der Waals surface area (Å²) in [5, 5.41) is 4.18. The molecule has 0 atom stereocenters. The zero-order chi connectivity index (χ0) is 15.3. The molecule has 1 aromatic rings. The largest absolute Gasteiger partial charge is 0.452 e. The van der Waals surface area contributed by atoms with E-state index in [0.717, 1.165) is 0 Å². The Balaban J connectivity index is 2.71. The highest BCUT2D eigenvalue weighted by Crippen LogP contribution is 2.31. The SMILES string of the molecule is CNC(=O)NC(=O)COC(=O)c1c(Cl)ccc(Cl)c1Cl. The van der Waals surface area contributed by atoms with Crippen molar-refractivity contribution in [2.45, 2.75) is 0 Å². The van der Waals surface area contributed by atoms with E-state index in [0.29, 0.717) is 0 Å². The van der Waals surface area contributed by atoms with Crippen molar-refractivity contribution >= 4 is 52.7 Å². The van der Waals surface area contributed by atoms with Crippen LogP contribution in [0, 0.1) is 0 Å². The van der Waals surface area contributed by atoms with Crippen molar-refractivity contribution in [3.05, 3.63) is 32.8 Å². The third-order valence-electron chi connectivity index (χ3n) is 2.06. The van der Waals surface area contributed by atoms with Crippen LogP contribution in [0.5, 0.6) is 0 Å². The van der Waals surface area contributed by atoms with Crippen LogP contribution in [0.4, 0.5) is 4.79 Å². The summed E-state index contributed by atoms with van der Waals surface area (Å²) in [6, 6.07) is 2.07. The van der Waals surface area contributed by atoms with E-state index in [1.54, 1.807) is 0 Å². The van der Waals surface area contributed by atoms with Crippen molar-refractivity contribution < 1.29 is 19.1 Å². The summed E-state index contributed by atoms with van der Waals surface area (Å²) in [7, 11) is 1.33. The maximum absolute atomic E-state index is 11.8. The molecular weight excluding hydrogens is 330 g/mol. The molecule has 0 spiro atoms. The van der Waals surface area contributed by atoms with Crippen LogP contribution in [0.15, 0.2) is 12.1 Å². The lowest BCUT2D eigenvalue weighted by molar-refractivity contribution is -0.123. The van der Waals surface area contributed by atoms with Crippen LogP contribution in [0.2, 0.25) is 15.1 Å². The van der Waals surface area contributed by atoms with E-state index in [9.17, 15) is 14.4 Å². The van der Waals surface area contributed by atoms with Crippen LogP contribution in [0.3, 0.4) is 0 Å². The van der Waals surface area contributed by atoms with Gasteiger partial charge >= 0.3 is 12.0 Å². The Morgan fingerprint density at radius 1 is 1.15 bits per heavy atom. The maximum atomic E-state index is 11.8. The fourth-order valence-corrected chi connectivity index (χ4v) is 1.83. The normalized spacial score (nSPS) is 9.80. The molecule has 1 rings (SSSR count). The molecular formula is C11H9Cl3N2O4. The molecule has 0 bridgehead atoms. The molecule has 0 saturated carbocycles. The molecule has 2 N–H and O–H groups in total. The third kappa shape index (κ3) is 4.26. The fourth-order valence-electron chi connectivity index (χ4n) is 1.14. The molecule has 0 aliphatic carbocycles. The van der Waals surface area contributed by atoms with E-state index in [2.05, 4.69) is 5.32 Å². The molecule has 0 heterocycles. The predicted octanol–water partition coefficient (Wildman–Crippen LogP) is 2.26. The molecule has 0 saturated heterocycles. The van der Waals surface area contributed by atoms with Gasteiger partial charge in [0.2, 0.25) is 0 Å². The van der Waals surface area contributed by atoms with Gasteiger partial charge in [-0.1, -0.05) is 34.8 Å². The number of rotatable bonds is 3. The van der Waals surface area contributed by atoms with E-state index in [1.165, 1.54) is 19.2 Å². The van der Waals surface area contributed by atoms with Gasteiger partial charge in [-0.15, -0.1) is 0 Å². The van der Waals surface area contributed by atoms with Gasteiger partial charge in [0.05, 0.1) is 20.6 Å². The highest BCUT2D eigenvalue weighted by Gasteiger charge is 2.20. The predicted molar refractivity (Wildman–Crippen MR) is 74.4 cm³/mol. The van der Waals surface area contributed by atoms with Crippen LogP contribution in [-0.2, 0) is 9.53 Å². The minimum absolute atomic E-state index is 0.0381. The van der Waals surface area contributed by atoms with Gasteiger partial charge in [0.25, 0.3) is 5.91 Å². The monoisotopic (exact) mass is 338 g/mol. The maximum Gasteiger partial charge on any atom is 0.341 e. The first-order valence-electron chi connectivity index (χ1n) is 5.19. The molecule has 0 aliphatic heterocycles. The van der Waals surface area contributed by atoms with E-state index < -0.39 is 24.5 Å². The van der Waals surface area contributed by atoms with Crippen LogP contribution in [0.1, 0.15) is 10.4 Å². The van der Waals surface area contributed by atoms with E-state index in [1.807, 2.05) is 5.32 Å². The Labute approximate surface area is 129 Å². The molecule has 0 radical (unpaired) electrons. The van der Waals surface area contributed by atoms with Gasteiger partial charge < -0.3 is 10.1 Å². The number of carbonyl (C=O) groups is 3. The number of halogens is 3. The number of benzene rings is 1. The summed E-state index contributed by atoms with van der Waals surface area (Å²) in [5.74, 6) is -1.72. The van der Waals surface area contributed by atoms with Gasteiger partial charge in [0, 0.05) is 7.05 Å². The number of amides is 3. The van der Waals surface area contributed by atoms with Gasteiger partial charge in [-0.05, 0) is 12.1 Å². The van der Waals surface area contributed by atoms with Crippen molar-refractivity contribution in [1.29, 1.82) is 0 Å². The molecule has 0 aromatic heterocycles. The van der Waals surface area contributed by atoms with Gasteiger partial charge in [0.15, 0.2) is 6.61 Å². The summed E-state index contributed by atoms with van der Waals surface area (Å²) in [4.78, 5) is 33.9. The van der Waals surface area contributed by atoms with Crippen molar-refractivity contribution in [2.24, 2.45) is 0 Å². The standard InChI is InChI=1S/C11H9Cl3N2O4/c1-15-11(19)16-7(17)4-20-10(18)8-5(12)2-3-6(13)9(8)14/h2-3H,4H2,1H3,(H2,15,16,17,19). The summed E-state index contributed by atoms with van der Waals surface area (Å²) in [6.45, 7) is -0.661. The smallest absolute Gasteiger partial charge is 0.341 e. The van der Waals surface area contributed by atoms with Crippen LogP contribution in [0.25, 0.3) is 0 Å². The average Bonchev–Trinajstić information content (AvgIpc) is 2.41. The third-order valence-corrected chi connectivity index (χ3v) is 3.18. The summed E-state index contributed by atoms with van der Waals surface area (Å²) >= 11 is 17.4. The molecule has 0 fully saturated rings. The van der Waals surface area contributed by atoms with E-state index in [4.69, 9.17) is 39.5 Å². The van der Waals surface area contributed by atoms with Crippen LogP contribution < -0.4 is 10.6 Å². The highest BCUT2D eigenvalue weighted by atomic mass is 35.5. The fraction of sp³-hybridized carbons (Fsp3) is 0.182. The molecule has 0 unspecified atom stereocenters. The Morgan fingerprint density at radius 2 is 1.75 bits per heavy atom. The number of nitrogens with one attached hydrogen (secondary N) is 2. The Kier molecular flexibility index (Phi) is 6.06. The first kappa shape index (κ1) is 16.6. The van der Waals surface area contributed by atoms with Crippen molar-refractivity contribution in [2.75, 3.05) is 13.7 Å². The van der Waals surface area contributed by atoms with Crippen LogP contribution >= 0.6 is 34.8 Å². The molecule has 6 nitrogen and oxygen atoms in total. The van der Waals surface area contributed by atoms with Crippen molar-refractivity contribution in [3.63, 3.8) is 0 Å². The number of urea groups is 1. The number of hydrogen-bond acceptors (Lipinski definition) is 4. The lowest BCUT2D eigenvalue weighted by Crippen LogP contribution is -2.39. The molecule has 108 valence electrons. The Morgan fingerprint density at radius 3 is 2.35 bits per heavy atom. The van der Waals surface area contributed by atoms with Gasteiger partial charge in [0.1, 0.15) is 0 Å². The highest BCUT2D eigenvalue weighted by molar-refractivity contribution is 6.46. The quantitative estimate of drug-likeness (QED) is 0.653. The Bertz CT molecular complexity index is 563. The zero-order valence-corrected chi connectivity index (χ0v) is 12.4. The number of imide groups is 1. The molecule has 9 heteroatoms. The molecule has 3 amide bonds. The summed E-state index contributed by atoms with van der Waals surface area (Å²) in [6.07, 6.45) is 0. The topological polar surface area (TPSA) is 84.5 Å². The lowest BCUT2D eigenvalue weighted by atomic mass is 10.2. The number of hydrogen-bond donors (Lipinski definition) is 2. The second-order valence-corrected chi connectivity index (χ2v) is 4.61. The summed E-state index contributed by atoms with van der Waals surface area (Å²) in [5.41, 5.74) is -0.145. The average molecular weight is 340 g/mol. The number of esters is 1. The van der Waals surface area contributed by atoms with Crippen molar-refractivity contribution in [3.8, 4) is 0 Å². The Hall–Kier alpha value is -1.50. The zero-order valence-electron chi connectivity index (χ0n) is 10.1. The lowest BCUT2D eigenvalue weighted by Gasteiger charge is -2.08. The second-order valence-electron chi connectivity index (χ2n) is 3.42. The minimum Gasteiger partial charge on any atom is -0.452 e. The minimum atomic E-state index is -0.922.